The molecule has 0 bridgehead atoms. The van der Waals surface area contributed by atoms with Crippen molar-refractivity contribution in [1.82, 2.24) is 0 Å². The third kappa shape index (κ3) is 6.94. The molecule has 22 heavy (non-hydrogen) atoms. The third-order valence-corrected chi connectivity index (χ3v) is 3.94. The lowest BCUT2D eigenvalue weighted by molar-refractivity contribution is 0.0697. The van der Waals surface area contributed by atoms with Crippen molar-refractivity contribution in [1.29, 1.82) is 0 Å². The van der Waals surface area contributed by atoms with Gasteiger partial charge in [-0.15, -0.1) is 0 Å². The Kier molecular flexibility index (Phi) is 7.23. The summed E-state index contributed by atoms with van der Waals surface area (Å²) < 4.78 is 10.8. The zero-order chi connectivity index (χ0) is 15.6. The number of unbranched alkanes of at least 4 members (excludes halogenated alkanes) is 6. The van der Waals surface area contributed by atoms with Crippen molar-refractivity contribution in [2.24, 2.45) is 0 Å². The molecule has 1 unspecified atom stereocenters. The second kappa shape index (κ2) is 9.46. The summed E-state index contributed by atoms with van der Waals surface area (Å²) in [4.78, 5) is 10.7. The van der Waals surface area contributed by atoms with Crippen LogP contribution < -0.4 is 4.74 Å². The molecule has 0 aliphatic carbocycles. The minimum atomic E-state index is -0.906. The lowest BCUT2D eigenvalue weighted by Gasteiger charge is -2.06. The van der Waals surface area contributed by atoms with Crippen LogP contribution >= 0.6 is 0 Å². The molecule has 0 spiro atoms. The van der Waals surface area contributed by atoms with Gasteiger partial charge in [0.15, 0.2) is 0 Å². The predicted molar refractivity (Wildman–Crippen MR) is 85.6 cm³/mol. The van der Waals surface area contributed by atoms with Gasteiger partial charge < -0.3 is 14.6 Å². The van der Waals surface area contributed by atoms with Gasteiger partial charge in [0.2, 0.25) is 0 Å². The van der Waals surface area contributed by atoms with E-state index in [1.165, 1.54) is 44.9 Å². The predicted octanol–water partition coefficient (Wildman–Crippen LogP) is 4.28. The van der Waals surface area contributed by atoms with E-state index in [0.29, 0.717) is 18.3 Å². The van der Waals surface area contributed by atoms with Crippen LogP contribution in [0.3, 0.4) is 0 Å². The summed E-state index contributed by atoms with van der Waals surface area (Å²) in [7, 11) is 0. The highest BCUT2D eigenvalue weighted by Crippen LogP contribution is 2.18. The summed E-state index contributed by atoms with van der Waals surface area (Å²) >= 11 is 0. The molecule has 0 saturated carbocycles. The second-order valence-corrected chi connectivity index (χ2v) is 5.90. The molecule has 0 aromatic heterocycles. The zero-order valence-electron chi connectivity index (χ0n) is 13.1. The van der Waals surface area contributed by atoms with E-state index in [4.69, 9.17) is 14.6 Å². The summed E-state index contributed by atoms with van der Waals surface area (Å²) in [6.07, 6.45) is 10.6. The van der Waals surface area contributed by atoms with E-state index in [1.54, 1.807) is 24.3 Å². The van der Waals surface area contributed by atoms with Gasteiger partial charge >= 0.3 is 5.97 Å². The first kappa shape index (κ1) is 16.8. The standard InChI is InChI=1S/C18H26O4/c19-18(20)15-9-11-16(12-10-15)21-13-7-5-3-1-2-4-6-8-17-14-22-17/h9-12,17H,1-8,13-14H2,(H,19,20). The number of hydrogen-bond acceptors (Lipinski definition) is 3. The molecule has 1 saturated heterocycles. The molecule has 1 aliphatic heterocycles. The van der Waals surface area contributed by atoms with Crippen molar-refractivity contribution in [3.8, 4) is 5.75 Å². The summed E-state index contributed by atoms with van der Waals surface area (Å²) in [5, 5.41) is 8.81. The minimum Gasteiger partial charge on any atom is -0.494 e. The quantitative estimate of drug-likeness (QED) is 0.462. The SMILES string of the molecule is O=C(O)c1ccc(OCCCCCCCCCC2CO2)cc1. The van der Waals surface area contributed by atoms with Gasteiger partial charge in [0.25, 0.3) is 0 Å². The number of hydrogen-bond donors (Lipinski definition) is 1. The normalized spacial score (nSPS) is 16.5. The smallest absolute Gasteiger partial charge is 0.335 e. The summed E-state index contributed by atoms with van der Waals surface area (Å²) in [6, 6.07) is 6.58. The van der Waals surface area contributed by atoms with Crippen molar-refractivity contribution in [3.05, 3.63) is 29.8 Å². The molecule has 2 rings (SSSR count). The summed E-state index contributed by atoms with van der Waals surface area (Å²) in [6.45, 7) is 1.68. The first-order valence-corrected chi connectivity index (χ1v) is 8.33. The van der Waals surface area contributed by atoms with Crippen molar-refractivity contribution in [2.75, 3.05) is 13.2 Å². The van der Waals surface area contributed by atoms with Crippen molar-refractivity contribution in [3.63, 3.8) is 0 Å². The van der Waals surface area contributed by atoms with Crippen LogP contribution in [0.2, 0.25) is 0 Å². The Morgan fingerprint density at radius 3 is 2.23 bits per heavy atom. The fourth-order valence-corrected chi connectivity index (χ4v) is 2.48. The summed E-state index contributed by atoms with van der Waals surface area (Å²) in [5.74, 6) is -0.163. The lowest BCUT2D eigenvalue weighted by atomic mass is 10.1. The molecule has 0 amide bonds. The molecule has 1 aromatic rings. The molecule has 1 atom stereocenters. The minimum absolute atomic E-state index is 0.292. The van der Waals surface area contributed by atoms with Crippen molar-refractivity contribution in [2.45, 2.75) is 57.5 Å². The average Bonchev–Trinajstić information content (AvgIpc) is 3.34. The number of benzene rings is 1. The molecular formula is C18H26O4. The lowest BCUT2D eigenvalue weighted by Crippen LogP contribution is -1.99. The van der Waals surface area contributed by atoms with Crippen LogP contribution in [0.25, 0.3) is 0 Å². The molecule has 1 aromatic carbocycles. The van der Waals surface area contributed by atoms with Crippen LogP contribution in [0.1, 0.15) is 61.7 Å². The molecule has 122 valence electrons. The van der Waals surface area contributed by atoms with E-state index in [1.807, 2.05) is 0 Å². The maximum Gasteiger partial charge on any atom is 0.335 e. The fourth-order valence-electron chi connectivity index (χ4n) is 2.48. The second-order valence-electron chi connectivity index (χ2n) is 5.90. The van der Waals surface area contributed by atoms with E-state index < -0.39 is 5.97 Å². The molecule has 4 heteroatoms. The Balaban J connectivity index is 1.41. The maximum atomic E-state index is 10.7. The monoisotopic (exact) mass is 306 g/mol. The van der Waals surface area contributed by atoms with Gasteiger partial charge in [-0.3, -0.25) is 0 Å². The number of carbonyl (C=O) groups is 1. The van der Waals surface area contributed by atoms with Crippen LogP contribution in [-0.4, -0.2) is 30.4 Å². The van der Waals surface area contributed by atoms with Crippen LogP contribution in [0.5, 0.6) is 5.75 Å². The van der Waals surface area contributed by atoms with E-state index in [9.17, 15) is 4.79 Å². The average molecular weight is 306 g/mol. The molecule has 1 heterocycles. The number of epoxide rings is 1. The number of carboxylic acids is 1. The Morgan fingerprint density at radius 2 is 1.64 bits per heavy atom. The van der Waals surface area contributed by atoms with Gasteiger partial charge in [-0.25, -0.2) is 4.79 Å². The van der Waals surface area contributed by atoms with E-state index in [0.717, 1.165) is 18.8 Å². The molecule has 1 aliphatic rings. The Labute approximate surface area is 132 Å². The molecular weight excluding hydrogens is 280 g/mol. The number of carboxylic acid groups (broad SMARTS) is 1. The van der Waals surface area contributed by atoms with Gasteiger partial charge in [0, 0.05) is 0 Å². The number of aromatic carboxylic acids is 1. The first-order valence-electron chi connectivity index (χ1n) is 8.33. The number of rotatable bonds is 12. The number of ether oxygens (including phenoxy) is 2. The van der Waals surface area contributed by atoms with E-state index in [2.05, 4.69) is 0 Å². The summed E-state index contributed by atoms with van der Waals surface area (Å²) in [5.41, 5.74) is 0.292. The largest absolute Gasteiger partial charge is 0.494 e. The Hall–Kier alpha value is -1.55. The highest BCUT2D eigenvalue weighted by molar-refractivity contribution is 5.87. The van der Waals surface area contributed by atoms with E-state index in [-0.39, 0.29) is 0 Å². The first-order chi connectivity index (χ1) is 10.8. The fraction of sp³-hybridized carbons (Fsp3) is 0.611. The van der Waals surface area contributed by atoms with Crippen LogP contribution in [0, 0.1) is 0 Å². The Bertz CT molecular complexity index is 437. The van der Waals surface area contributed by atoms with Gasteiger partial charge in [0.05, 0.1) is 24.9 Å². The van der Waals surface area contributed by atoms with Crippen molar-refractivity contribution < 1.29 is 19.4 Å². The van der Waals surface area contributed by atoms with E-state index >= 15 is 0 Å². The maximum absolute atomic E-state index is 10.7. The van der Waals surface area contributed by atoms with Crippen LogP contribution in [-0.2, 0) is 4.74 Å². The zero-order valence-corrected chi connectivity index (χ0v) is 13.1. The highest BCUT2D eigenvalue weighted by atomic mass is 16.6. The van der Waals surface area contributed by atoms with Gasteiger partial charge in [-0.2, -0.15) is 0 Å². The molecule has 0 radical (unpaired) electrons. The topological polar surface area (TPSA) is 59.1 Å². The van der Waals surface area contributed by atoms with Crippen LogP contribution in [0.4, 0.5) is 0 Å². The molecule has 4 nitrogen and oxygen atoms in total. The van der Waals surface area contributed by atoms with Crippen molar-refractivity contribution >= 4 is 5.97 Å². The van der Waals surface area contributed by atoms with Gasteiger partial charge in [-0.1, -0.05) is 38.5 Å². The Morgan fingerprint density at radius 1 is 1.05 bits per heavy atom. The molecule has 1 N–H and O–H groups in total. The highest BCUT2D eigenvalue weighted by Gasteiger charge is 2.20. The van der Waals surface area contributed by atoms with Gasteiger partial charge in [0.1, 0.15) is 5.75 Å². The van der Waals surface area contributed by atoms with Gasteiger partial charge in [-0.05, 0) is 37.1 Å². The molecule has 1 fully saturated rings. The third-order valence-electron chi connectivity index (χ3n) is 3.94. The van der Waals surface area contributed by atoms with Crippen LogP contribution in [0.15, 0.2) is 24.3 Å².